The van der Waals surface area contributed by atoms with Crippen LogP contribution < -0.4 is 29.2 Å². The van der Waals surface area contributed by atoms with Gasteiger partial charge < -0.3 is 24.1 Å². The van der Waals surface area contributed by atoms with Crippen molar-refractivity contribution in [3.8, 4) is 23.0 Å². The topological polar surface area (TPSA) is 141 Å². The molecule has 0 saturated carbocycles. The predicted octanol–water partition coefficient (Wildman–Crippen LogP) is 5.20. The van der Waals surface area contributed by atoms with Crippen LogP contribution in [-0.4, -0.2) is 49.2 Å². The molecule has 1 aliphatic heterocycles. The van der Waals surface area contributed by atoms with E-state index >= 15 is 0 Å². The fraction of sp³-hybridized carbons (Fsp3) is 0.200. The normalized spacial score (nSPS) is 14.0. The van der Waals surface area contributed by atoms with E-state index in [4.69, 9.17) is 24.1 Å². The van der Waals surface area contributed by atoms with Gasteiger partial charge in [0.2, 0.25) is 0 Å². The molecule has 0 radical (unpaired) electrons. The number of hydrogen-bond acceptors (Lipinski definition) is 8. The number of carboxylic acids is 1. The number of amides is 4. The van der Waals surface area contributed by atoms with E-state index in [0.717, 1.165) is 10.5 Å². The molecular weight excluding hydrogens is 612 g/mol. The number of ether oxygens (including phenoxy) is 4. The minimum atomic E-state index is -1.02. The van der Waals surface area contributed by atoms with E-state index < -0.39 is 23.8 Å². The fourth-order valence-electron chi connectivity index (χ4n) is 4.08. The van der Waals surface area contributed by atoms with Crippen molar-refractivity contribution < 1.29 is 43.2 Å². The first-order chi connectivity index (χ1) is 20.2. The van der Waals surface area contributed by atoms with Gasteiger partial charge >= 0.3 is 12.0 Å². The average molecular weight is 639 g/mol. The molecule has 1 heterocycles. The van der Waals surface area contributed by atoms with Crippen LogP contribution in [-0.2, 0) is 16.2 Å². The molecule has 0 aliphatic carbocycles. The minimum absolute atomic E-state index is 0.125. The molecule has 0 unspecified atom stereocenters. The summed E-state index contributed by atoms with van der Waals surface area (Å²) in [5.74, 6) is -1.39. The van der Waals surface area contributed by atoms with Gasteiger partial charge in [-0.3, -0.25) is 14.9 Å². The van der Waals surface area contributed by atoms with E-state index in [9.17, 15) is 19.2 Å². The number of aromatic carboxylic acids is 1. The number of nitrogens with zero attached hydrogens (tertiary/aromatic N) is 1. The summed E-state index contributed by atoms with van der Waals surface area (Å²) in [4.78, 5) is 51.2. The van der Waals surface area contributed by atoms with Crippen molar-refractivity contribution in [1.82, 2.24) is 5.32 Å². The highest BCUT2D eigenvalue weighted by Gasteiger charge is 2.38. The van der Waals surface area contributed by atoms with E-state index in [0.29, 0.717) is 33.9 Å². The zero-order valence-electron chi connectivity index (χ0n) is 22.9. The Hall–Kier alpha value is -4.84. The van der Waals surface area contributed by atoms with Gasteiger partial charge in [-0.05, 0) is 67.4 Å². The smallest absolute Gasteiger partial charge is 0.336 e. The summed E-state index contributed by atoms with van der Waals surface area (Å²) in [6.07, 6.45) is 1.34. The number of benzene rings is 3. The van der Waals surface area contributed by atoms with Crippen LogP contribution >= 0.6 is 15.9 Å². The molecule has 42 heavy (non-hydrogen) atoms. The second kappa shape index (κ2) is 13.2. The Labute approximate surface area is 249 Å². The lowest BCUT2D eigenvalue weighted by atomic mass is 10.1. The molecule has 1 saturated heterocycles. The lowest BCUT2D eigenvalue weighted by Gasteiger charge is -2.28. The summed E-state index contributed by atoms with van der Waals surface area (Å²) in [5, 5.41) is 11.3. The molecule has 0 atom stereocenters. The fourth-order valence-corrected chi connectivity index (χ4v) is 4.51. The van der Waals surface area contributed by atoms with E-state index in [1.165, 1.54) is 31.4 Å². The van der Waals surface area contributed by atoms with Crippen LogP contribution in [0.4, 0.5) is 10.5 Å². The van der Waals surface area contributed by atoms with E-state index in [2.05, 4.69) is 21.2 Å². The number of halogens is 1. The van der Waals surface area contributed by atoms with Gasteiger partial charge in [-0.25, -0.2) is 14.5 Å². The lowest BCUT2D eigenvalue weighted by molar-refractivity contribution is -0.122. The lowest BCUT2D eigenvalue weighted by Crippen LogP contribution is -2.54. The Morgan fingerprint density at radius 1 is 0.929 bits per heavy atom. The van der Waals surface area contributed by atoms with Crippen LogP contribution in [0.3, 0.4) is 0 Å². The number of methoxy groups -OCH3 is 1. The number of nitrogens with one attached hydrogen (secondary N) is 1. The molecule has 4 rings (SSSR count). The van der Waals surface area contributed by atoms with E-state index in [-0.39, 0.29) is 35.8 Å². The zero-order valence-corrected chi connectivity index (χ0v) is 24.5. The molecule has 0 aromatic heterocycles. The van der Waals surface area contributed by atoms with Gasteiger partial charge in [-0.1, -0.05) is 28.1 Å². The maximum absolute atomic E-state index is 13.6. The number of hydrogen-bond donors (Lipinski definition) is 2. The molecule has 3 aromatic carbocycles. The first-order valence-corrected chi connectivity index (χ1v) is 13.6. The summed E-state index contributed by atoms with van der Waals surface area (Å²) >= 11 is 3.45. The third-order valence-electron chi connectivity index (χ3n) is 6.06. The Bertz CT molecular complexity index is 1570. The molecule has 218 valence electrons. The Morgan fingerprint density at radius 3 is 2.29 bits per heavy atom. The van der Waals surface area contributed by atoms with Crippen LogP contribution in [0.25, 0.3) is 6.08 Å². The van der Waals surface area contributed by atoms with Crippen LogP contribution in [0.1, 0.15) is 35.3 Å². The summed E-state index contributed by atoms with van der Waals surface area (Å²) in [5.41, 5.74) is 1.13. The van der Waals surface area contributed by atoms with Gasteiger partial charge in [0.25, 0.3) is 11.8 Å². The minimum Gasteiger partial charge on any atom is -0.494 e. The first kappa shape index (κ1) is 30.1. The number of carboxylic acid groups (broad SMARTS) is 1. The number of urea groups is 1. The highest BCUT2D eigenvalue weighted by atomic mass is 79.9. The van der Waals surface area contributed by atoms with Gasteiger partial charge in [0, 0.05) is 10.5 Å². The number of barbiturate groups is 1. The van der Waals surface area contributed by atoms with Gasteiger partial charge in [-0.15, -0.1) is 0 Å². The summed E-state index contributed by atoms with van der Waals surface area (Å²) in [6.45, 7) is 4.34. The number of carbonyl (C=O) groups is 4. The Balaban J connectivity index is 1.65. The van der Waals surface area contributed by atoms with Crippen molar-refractivity contribution in [1.29, 1.82) is 0 Å². The number of imide groups is 2. The van der Waals surface area contributed by atoms with Crippen LogP contribution in [0.15, 0.2) is 64.6 Å². The second-order valence-corrected chi connectivity index (χ2v) is 9.62. The second-order valence-electron chi connectivity index (χ2n) is 8.77. The monoisotopic (exact) mass is 638 g/mol. The summed E-state index contributed by atoms with van der Waals surface area (Å²) in [6, 6.07) is 13.3. The predicted molar refractivity (Wildman–Crippen MR) is 156 cm³/mol. The zero-order chi connectivity index (χ0) is 30.4. The van der Waals surface area contributed by atoms with Crippen molar-refractivity contribution in [3.63, 3.8) is 0 Å². The van der Waals surface area contributed by atoms with Crippen molar-refractivity contribution in [2.45, 2.75) is 20.5 Å². The van der Waals surface area contributed by atoms with Crippen molar-refractivity contribution in [3.05, 3.63) is 81.3 Å². The van der Waals surface area contributed by atoms with E-state index in [1.807, 2.05) is 0 Å². The number of rotatable bonds is 11. The molecule has 1 aliphatic rings. The largest absolute Gasteiger partial charge is 0.494 e. The summed E-state index contributed by atoms with van der Waals surface area (Å²) in [7, 11) is 1.44. The Morgan fingerprint density at radius 2 is 1.64 bits per heavy atom. The molecule has 2 N–H and O–H groups in total. The first-order valence-electron chi connectivity index (χ1n) is 12.8. The molecule has 3 aromatic rings. The molecule has 11 nitrogen and oxygen atoms in total. The van der Waals surface area contributed by atoms with Gasteiger partial charge in [-0.2, -0.15) is 0 Å². The molecular formula is C30H27BrN2O9. The highest BCUT2D eigenvalue weighted by molar-refractivity contribution is 9.10. The van der Waals surface area contributed by atoms with Crippen molar-refractivity contribution >= 4 is 51.5 Å². The SMILES string of the molecule is CCOc1ccc(OCC)c(N2C(=O)NC(=O)/C(=C\c3cc(OC)c(OCc4ccc(C(=O)O)cc4)cc3Br)C2=O)c1. The van der Waals surface area contributed by atoms with Gasteiger partial charge in [0.05, 0.1) is 31.6 Å². The molecule has 0 spiro atoms. The molecule has 12 heteroatoms. The third-order valence-corrected chi connectivity index (χ3v) is 6.75. The van der Waals surface area contributed by atoms with Crippen LogP contribution in [0.2, 0.25) is 0 Å². The Kier molecular flexibility index (Phi) is 9.48. The molecule has 1 fully saturated rings. The van der Waals surface area contributed by atoms with Gasteiger partial charge in [0.15, 0.2) is 11.5 Å². The van der Waals surface area contributed by atoms with E-state index in [1.54, 1.807) is 50.2 Å². The summed E-state index contributed by atoms with van der Waals surface area (Å²) < 4.78 is 23.0. The number of anilines is 1. The maximum atomic E-state index is 13.6. The van der Waals surface area contributed by atoms with Crippen LogP contribution in [0.5, 0.6) is 23.0 Å². The molecule has 0 bridgehead atoms. The quantitative estimate of drug-likeness (QED) is 0.214. The number of carbonyl (C=O) groups excluding carboxylic acids is 3. The maximum Gasteiger partial charge on any atom is 0.336 e. The standard InChI is InChI=1S/C30H27BrN2O9/c1-4-40-20-10-11-24(41-5-2)23(14-20)33-28(35)21(27(34)32-30(33)38)12-19-13-25(39-3)26(15-22(19)31)42-16-17-6-8-18(9-7-17)29(36)37/h6-15H,4-5,16H2,1-3H3,(H,36,37)(H,32,34,38)/b21-12+. The highest BCUT2D eigenvalue weighted by Crippen LogP contribution is 2.37. The average Bonchev–Trinajstić information content (AvgIpc) is 2.96. The van der Waals surface area contributed by atoms with Crippen LogP contribution in [0, 0.1) is 0 Å². The third kappa shape index (κ3) is 6.55. The van der Waals surface area contributed by atoms with Crippen molar-refractivity contribution in [2.24, 2.45) is 0 Å². The van der Waals surface area contributed by atoms with Gasteiger partial charge in [0.1, 0.15) is 23.7 Å². The molecule has 4 amide bonds. The van der Waals surface area contributed by atoms with Crippen molar-refractivity contribution in [2.75, 3.05) is 25.2 Å².